The molecule has 1 aromatic heterocycles. The summed E-state index contributed by atoms with van der Waals surface area (Å²) in [5.74, 6) is -5.44. The molecule has 1 aliphatic rings. The zero-order chi connectivity index (χ0) is 22.5. The molecule has 0 bridgehead atoms. The highest BCUT2D eigenvalue weighted by Gasteiger charge is 2.38. The normalized spacial score (nSPS) is 15.5. The molecule has 1 fully saturated rings. The number of hydrogen-bond acceptors (Lipinski definition) is 5. The molecule has 0 amide bonds. The van der Waals surface area contributed by atoms with Gasteiger partial charge in [0.05, 0.1) is 11.1 Å². The first-order valence-electron chi connectivity index (χ1n) is 9.47. The average molecular weight is 442 g/mol. The maximum atomic E-state index is 14.5. The van der Waals surface area contributed by atoms with Crippen molar-refractivity contribution in [3.05, 3.63) is 41.5 Å². The van der Waals surface area contributed by atoms with Crippen molar-refractivity contribution < 1.29 is 31.8 Å². The largest absolute Gasteiger partial charge is 0.503 e. The molecular weight excluding hydrogens is 423 g/mol. The van der Waals surface area contributed by atoms with Gasteiger partial charge in [0.1, 0.15) is 5.69 Å². The van der Waals surface area contributed by atoms with E-state index in [9.17, 15) is 27.1 Å². The van der Waals surface area contributed by atoms with Crippen molar-refractivity contribution in [3.8, 4) is 11.4 Å². The minimum atomic E-state index is -5.14. The molecule has 0 saturated carbocycles. The number of benzene rings is 2. The molecule has 0 radical (unpaired) electrons. The van der Waals surface area contributed by atoms with Crippen molar-refractivity contribution in [2.45, 2.75) is 25.1 Å². The second-order valence-corrected chi connectivity index (χ2v) is 7.37. The fraction of sp³-hybridized carbons (Fsp3) is 0.350. The Hall–Kier alpha value is -3.08. The minimum absolute atomic E-state index is 0.0472. The highest BCUT2D eigenvalue weighted by atomic mass is 19.4. The van der Waals surface area contributed by atoms with E-state index in [-0.39, 0.29) is 23.4 Å². The number of anilines is 2. The van der Waals surface area contributed by atoms with Crippen LogP contribution in [0.1, 0.15) is 18.4 Å². The molecule has 1 aliphatic heterocycles. The number of aromatic nitrogens is 2. The topological polar surface area (TPSA) is 76.5 Å². The Bertz CT molecular complexity index is 1140. The Morgan fingerprint density at radius 3 is 2.48 bits per heavy atom. The van der Waals surface area contributed by atoms with Crippen LogP contribution in [-0.4, -0.2) is 41.2 Å². The van der Waals surface area contributed by atoms with E-state index in [0.717, 1.165) is 23.2 Å². The van der Waals surface area contributed by atoms with E-state index in [1.807, 2.05) is 11.9 Å². The van der Waals surface area contributed by atoms with Crippen LogP contribution in [0.15, 0.2) is 24.3 Å². The molecule has 3 N–H and O–H groups in total. The summed E-state index contributed by atoms with van der Waals surface area (Å²) in [5.41, 5.74) is 4.38. The number of hydrogen-bond donors (Lipinski definition) is 2. The average Bonchev–Trinajstić information content (AvgIpc) is 3.07. The number of aromatic hydroxyl groups is 1. The fourth-order valence-electron chi connectivity index (χ4n) is 3.78. The zero-order valence-corrected chi connectivity index (χ0v) is 16.4. The van der Waals surface area contributed by atoms with E-state index < -0.39 is 34.8 Å². The van der Waals surface area contributed by atoms with Gasteiger partial charge in [0.2, 0.25) is 0 Å². The lowest BCUT2D eigenvalue weighted by Gasteiger charge is -2.33. The number of nitrogen functional groups attached to an aromatic ring is 1. The summed E-state index contributed by atoms with van der Waals surface area (Å²) >= 11 is 0. The Labute approximate surface area is 173 Å². The molecule has 0 unspecified atom stereocenters. The maximum Gasteiger partial charge on any atom is 0.419 e. The summed E-state index contributed by atoms with van der Waals surface area (Å²) in [4.78, 5) is 2.05. The maximum absolute atomic E-state index is 14.5. The van der Waals surface area contributed by atoms with Gasteiger partial charge in [-0.2, -0.15) is 13.2 Å². The van der Waals surface area contributed by atoms with Crippen LogP contribution >= 0.6 is 0 Å². The Kier molecular flexibility index (Phi) is 5.16. The summed E-state index contributed by atoms with van der Waals surface area (Å²) in [7, 11) is 1.91. The third-order valence-electron chi connectivity index (χ3n) is 5.53. The molecule has 6 nitrogen and oxygen atoms in total. The SMILES string of the molecule is CN(c1ccc2c(c1)c(N)nn2-c1cc(C(F)(F)F)c(F)c(O)c1F)C1CCOCC1. The number of rotatable bonds is 3. The molecular formula is C20H19F5N4O2. The molecule has 0 aliphatic carbocycles. The zero-order valence-electron chi connectivity index (χ0n) is 16.4. The van der Waals surface area contributed by atoms with E-state index >= 15 is 0 Å². The highest BCUT2D eigenvalue weighted by molar-refractivity contribution is 5.93. The molecule has 1 saturated heterocycles. The van der Waals surface area contributed by atoms with Crippen molar-refractivity contribution >= 4 is 22.4 Å². The van der Waals surface area contributed by atoms with Crippen molar-refractivity contribution in [2.24, 2.45) is 0 Å². The minimum Gasteiger partial charge on any atom is -0.503 e. The first-order chi connectivity index (χ1) is 14.6. The van der Waals surface area contributed by atoms with Gasteiger partial charge >= 0.3 is 6.18 Å². The molecule has 2 aromatic carbocycles. The molecule has 31 heavy (non-hydrogen) atoms. The van der Waals surface area contributed by atoms with Crippen LogP contribution in [0, 0.1) is 11.6 Å². The lowest BCUT2D eigenvalue weighted by atomic mass is 10.1. The first-order valence-corrected chi connectivity index (χ1v) is 9.47. The smallest absolute Gasteiger partial charge is 0.419 e. The number of nitrogens with two attached hydrogens (primary N) is 1. The van der Waals surface area contributed by atoms with Crippen molar-refractivity contribution in [3.63, 3.8) is 0 Å². The Morgan fingerprint density at radius 1 is 1.16 bits per heavy atom. The number of alkyl halides is 3. The van der Waals surface area contributed by atoms with E-state index in [1.165, 1.54) is 6.07 Å². The van der Waals surface area contributed by atoms with Crippen LogP contribution < -0.4 is 10.6 Å². The van der Waals surface area contributed by atoms with Gasteiger partial charge in [-0.3, -0.25) is 0 Å². The molecule has 166 valence electrons. The third kappa shape index (κ3) is 3.62. The highest BCUT2D eigenvalue weighted by Crippen LogP contribution is 2.39. The predicted octanol–water partition coefficient (Wildman–Crippen LogP) is 4.23. The summed E-state index contributed by atoms with van der Waals surface area (Å²) in [6.07, 6.45) is -3.47. The van der Waals surface area contributed by atoms with Gasteiger partial charge < -0.3 is 20.5 Å². The number of ether oxygens (including phenoxy) is 1. The molecule has 3 aromatic rings. The summed E-state index contributed by atoms with van der Waals surface area (Å²) < 4.78 is 74.0. The van der Waals surface area contributed by atoms with Crippen LogP contribution in [0.4, 0.5) is 33.5 Å². The molecule has 0 atom stereocenters. The Balaban J connectivity index is 1.82. The number of phenols is 1. The van der Waals surface area contributed by atoms with E-state index in [4.69, 9.17) is 10.5 Å². The number of fused-ring (bicyclic) bond motifs is 1. The lowest BCUT2D eigenvalue weighted by molar-refractivity contribution is -0.140. The van der Waals surface area contributed by atoms with Crippen LogP contribution in [0.5, 0.6) is 5.75 Å². The fourth-order valence-corrected chi connectivity index (χ4v) is 3.78. The quantitative estimate of drug-likeness (QED) is 0.594. The van der Waals surface area contributed by atoms with Gasteiger partial charge in [-0.1, -0.05) is 0 Å². The van der Waals surface area contributed by atoms with Gasteiger partial charge in [0.25, 0.3) is 0 Å². The van der Waals surface area contributed by atoms with Gasteiger partial charge in [-0.05, 0) is 37.1 Å². The van der Waals surface area contributed by atoms with Crippen molar-refractivity contribution in [2.75, 3.05) is 30.9 Å². The van der Waals surface area contributed by atoms with E-state index in [0.29, 0.717) is 18.6 Å². The molecule has 0 spiro atoms. The van der Waals surface area contributed by atoms with E-state index in [2.05, 4.69) is 5.10 Å². The van der Waals surface area contributed by atoms with E-state index in [1.54, 1.807) is 12.1 Å². The summed E-state index contributed by atoms with van der Waals surface area (Å²) in [6.45, 7) is 1.29. The van der Waals surface area contributed by atoms with Crippen molar-refractivity contribution in [1.82, 2.24) is 9.78 Å². The van der Waals surface area contributed by atoms with Crippen LogP contribution in [-0.2, 0) is 10.9 Å². The van der Waals surface area contributed by atoms with Crippen LogP contribution in [0.25, 0.3) is 16.6 Å². The van der Waals surface area contributed by atoms with Crippen LogP contribution in [0.2, 0.25) is 0 Å². The summed E-state index contributed by atoms with van der Waals surface area (Å²) in [5, 5.41) is 13.9. The molecule has 11 heteroatoms. The number of phenolic OH excluding ortho intramolecular Hbond substituents is 1. The molecule has 2 heterocycles. The molecule has 4 rings (SSSR count). The standard InChI is InChI=1S/C20H19F5N4O2/c1-28(10-4-6-31-7-5-10)11-2-3-14-12(8-11)19(26)27-29(14)15-9-13(20(23,24)25)16(21)18(30)17(15)22/h2-3,8-10,30H,4-7H2,1H3,(H2,26,27). The summed E-state index contributed by atoms with van der Waals surface area (Å²) in [6, 6.07) is 5.45. The Morgan fingerprint density at radius 2 is 1.84 bits per heavy atom. The van der Waals surface area contributed by atoms with Gasteiger partial charge in [-0.25, -0.2) is 13.5 Å². The lowest BCUT2D eigenvalue weighted by Crippen LogP contribution is -2.36. The van der Waals surface area contributed by atoms with Gasteiger partial charge in [0.15, 0.2) is 23.2 Å². The van der Waals surface area contributed by atoms with Crippen molar-refractivity contribution in [1.29, 1.82) is 0 Å². The van der Waals surface area contributed by atoms with Gasteiger partial charge in [0, 0.05) is 37.4 Å². The monoisotopic (exact) mass is 442 g/mol. The van der Waals surface area contributed by atoms with Crippen LogP contribution in [0.3, 0.4) is 0 Å². The number of nitrogens with zero attached hydrogens (tertiary/aromatic N) is 3. The second kappa shape index (κ2) is 7.56. The predicted molar refractivity (Wildman–Crippen MR) is 104 cm³/mol. The van der Waals surface area contributed by atoms with Gasteiger partial charge in [-0.15, -0.1) is 5.10 Å². The third-order valence-corrected chi connectivity index (χ3v) is 5.53. The second-order valence-electron chi connectivity index (χ2n) is 7.37. The number of halogens is 5. The first kappa shape index (κ1) is 21.2.